The Morgan fingerprint density at radius 3 is 2.96 bits per heavy atom. The number of carbonyl (C=O) groups is 1. The molecule has 0 spiro atoms. The van der Waals surface area contributed by atoms with E-state index < -0.39 is 0 Å². The van der Waals surface area contributed by atoms with E-state index in [1.54, 1.807) is 0 Å². The maximum atomic E-state index is 12.8. The van der Waals surface area contributed by atoms with Gasteiger partial charge in [-0.2, -0.15) is 0 Å². The quantitative estimate of drug-likeness (QED) is 0.856. The van der Waals surface area contributed by atoms with Crippen molar-refractivity contribution in [2.75, 3.05) is 19.9 Å². The van der Waals surface area contributed by atoms with Gasteiger partial charge in [0.05, 0.1) is 12.5 Å². The van der Waals surface area contributed by atoms with Gasteiger partial charge in [0.25, 0.3) is 0 Å². The Balaban J connectivity index is 1.31. The monoisotopic (exact) mass is 368 g/mol. The number of amides is 1. The van der Waals surface area contributed by atoms with Gasteiger partial charge in [-0.15, -0.1) is 0 Å². The van der Waals surface area contributed by atoms with Crippen LogP contribution in [0.25, 0.3) is 0 Å². The largest absolute Gasteiger partial charge is 0.454 e. The van der Waals surface area contributed by atoms with E-state index in [2.05, 4.69) is 23.0 Å². The number of benzene rings is 1. The Labute approximate surface area is 158 Å². The summed E-state index contributed by atoms with van der Waals surface area (Å²) in [6.45, 7) is 1.84. The standard InChI is InChI=1S/C20H24N4O3/c1-23-6-4-13(10-23)8-19(25)24-7-5-16-15(11-24)20(22-21-16)14-2-3-17-18(9-14)27-12-26-17/h2-4,6,9-10,15-16,20-22H,5,7-8,11-12H2,1H3. The van der Waals surface area contributed by atoms with E-state index in [-0.39, 0.29) is 18.7 Å². The van der Waals surface area contributed by atoms with E-state index in [9.17, 15) is 4.79 Å². The van der Waals surface area contributed by atoms with Gasteiger partial charge in [-0.25, -0.2) is 5.43 Å². The third-order valence-corrected chi connectivity index (χ3v) is 5.87. The third-order valence-electron chi connectivity index (χ3n) is 5.87. The Morgan fingerprint density at radius 1 is 1.22 bits per heavy atom. The molecule has 0 saturated carbocycles. The smallest absolute Gasteiger partial charge is 0.231 e. The molecule has 3 atom stereocenters. The van der Waals surface area contributed by atoms with E-state index >= 15 is 0 Å². The molecule has 0 aliphatic carbocycles. The number of nitrogens with one attached hydrogen (secondary N) is 2. The highest BCUT2D eigenvalue weighted by atomic mass is 16.7. The summed E-state index contributed by atoms with van der Waals surface area (Å²) in [5.41, 5.74) is 9.09. The highest BCUT2D eigenvalue weighted by molar-refractivity contribution is 5.78. The lowest BCUT2D eigenvalue weighted by Gasteiger charge is -2.36. The van der Waals surface area contributed by atoms with Gasteiger partial charge >= 0.3 is 0 Å². The summed E-state index contributed by atoms with van der Waals surface area (Å²) in [7, 11) is 1.98. The van der Waals surface area contributed by atoms with Gasteiger partial charge in [0.1, 0.15) is 0 Å². The Hall–Kier alpha value is -2.51. The molecular formula is C20H24N4O3. The zero-order chi connectivity index (χ0) is 18.4. The second-order valence-electron chi connectivity index (χ2n) is 7.64. The molecule has 1 amide bonds. The van der Waals surface area contributed by atoms with Crippen LogP contribution in [0.5, 0.6) is 11.5 Å². The zero-order valence-corrected chi connectivity index (χ0v) is 15.4. The Kier molecular flexibility index (Phi) is 4.06. The van der Waals surface area contributed by atoms with Crippen LogP contribution in [0.4, 0.5) is 0 Å². The summed E-state index contributed by atoms with van der Waals surface area (Å²) in [6, 6.07) is 8.64. The SMILES string of the molecule is Cn1ccc(CC(=O)N2CCC3NNC(c4ccc5c(c4)OCO5)C3C2)c1. The molecule has 2 N–H and O–H groups in total. The van der Waals surface area contributed by atoms with Crippen molar-refractivity contribution in [3.63, 3.8) is 0 Å². The number of rotatable bonds is 3. The van der Waals surface area contributed by atoms with Gasteiger partial charge < -0.3 is 18.9 Å². The fourth-order valence-corrected chi connectivity index (χ4v) is 4.42. The van der Waals surface area contributed by atoms with Gasteiger partial charge in [0, 0.05) is 44.5 Å². The Morgan fingerprint density at radius 2 is 2.11 bits per heavy atom. The molecule has 3 unspecified atom stereocenters. The van der Waals surface area contributed by atoms with Crippen molar-refractivity contribution in [3.8, 4) is 11.5 Å². The van der Waals surface area contributed by atoms with Crippen LogP contribution in [0.2, 0.25) is 0 Å². The third kappa shape index (κ3) is 3.07. The summed E-state index contributed by atoms with van der Waals surface area (Å²) in [5, 5.41) is 0. The maximum Gasteiger partial charge on any atom is 0.231 e. The lowest BCUT2D eigenvalue weighted by Crippen LogP contribution is -2.48. The van der Waals surface area contributed by atoms with E-state index in [0.29, 0.717) is 18.4 Å². The number of piperidine rings is 1. The molecule has 1 aromatic carbocycles. The molecule has 2 aromatic rings. The molecule has 0 bridgehead atoms. The lowest BCUT2D eigenvalue weighted by atomic mass is 9.85. The van der Waals surface area contributed by atoms with Gasteiger partial charge in [0.2, 0.25) is 12.7 Å². The number of nitrogens with zero attached hydrogens (tertiary/aromatic N) is 2. The summed E-state index contributed by atoms with van der Waals surface area (Å²) in [5.74, 6) is 2.13. The van der Waals surface area contributed by atoms with Gasteiger partial charge in [0.15, 0.2) is 11.5 Å². The van der Waals surface area contributed by atoms with Crippen LogP contribution in [0.1, 0.15) is 23.6 Å². The van der Waals surface area contributed by atoms with E-state index in [1.165, 1.54) is 0 Å². The molecule has 2 saturated heterocycles. The minimum absolute atomic E-state index is 0.150. The first kappa shape index (κ1) is 16.6. The fraction of sp³-hybridized carbons (Fsp3) is 0.450. The molecule has 2 fully saturated rings. The van der Waals surface area contributed by atoms with E-state index in [0.717, 1.165) is 42.1 Å². The van der Waals surface area contributed by atoms with Crippen molar-refractivity contribution in [1.29, 1.82) is 0 Å². The molecule has 7 nitrogen and oxygen atoms in total. The van der Waals surface area contributed by atoms with Gasteiger partial charge in [-0.3, -0.25) is 10.2 Å². The Bertz CT molecular complexity index is 865. The van der Waals surface area contributed by atoms with Crippen molar-refractivity contribution in [2.24, 2.45) is 13.0 Å². The van der Waals surface area contributed by atoms with Crippen LogP contribution in [0.15, 0.2) is 36.7 Å². The van der Waals surface area contributed by atoms with Gasteiger partial charge in [-0.1, -0.05) is 6.07 Å². The van der Waals surface area contributed by atoms with Crippen LogP contribution < -0.4 is 20.3 Å². The second-order valence-corrected chi connectivity index (χ2v) is 7.64. The number of hydrogen-bond acceptors (Lipinski definition) is 5. The molecule has 1 aromatic heterocycles. The van der Waals surface area contributed by atoms with Crippen LogP contribution in [0.3, 0.4) is 0 Å². The number of likely N-dealkylation sites (tertiary alicyclic amines) is 1. The number of carbonyl (C=O) groups excluding carboxylic acids is 1. The first-order valence-corrected chi connectivity index (χ1v) is 9.46. The second kappa shape index (κ2) is 6.58. The number of aryl methyl sites for hydroxylation is 1. The fourth-order valence-electron chi connectivity index (χ4n) is 4.42. The number of ether oxygens (including phenoxy) is 2. The molecule has 27 heavy (non-hydrogen) atoms. The molecule has 5 rings (SSSR count). The normalized spacial score (nSPS) is 26.3. The molecule has 142 valence electrons. The first-order valence-electron chi connectivity index (χ1n) is 9.46. The van der Waals surface area contributed by atoms with Crippen molar-refractivity contribution in [1.82, 2.24) is 20.3 Å². The van der Waals surface area contributed by atoms with Gasteiger partial charge in [-0.05, 0) is 35.7 Å². The molecule has 3 aliphatic heterocycles. The summed E-state index contributed by atoms with van der Waals surface area (Å²) < 4.78 is 12.9. The van der Waals surface area contributed by atoms with Crippen LogP contribution in [0, 0.1) is 5.92 Å². The predicted octanol–water partition coefficient (Wildman–Crippen LogP) is 1.36. The van der Waals surface area contributed by atoms with Crippen LogP contribution in [-0.2, 0) is 18.3 Å². The van der Waals surface area contributed by atoms with E-state index in [1.807, 2.05) is 41.0 Å². The first-order chi connectivity index (χ1) is 13.2. The summed E-state index contributed by atoms with van der Waals surface area (Å²) in [6.07, 6.45) is 5.42. The lowest BCUT2D eigenvalue weighted by molar-refractivity contribution is -0.132. The molecule has 3 aliphatic rings. The average molecular weight is 368 g/mol. The maximum absolute atomic E-state index is 12.8. The summed E-state index contributed by atoms with van der Waals surface area (Å²) >= 11 is 0. The highest BCUT2D eigenvalue weighted by Gasteiger charge is 2.41. The highest BCUT2D eigenvalue weighted by Crippen LogP contribution is 2.39. The molecular weight excluding hydrogens is 344 g/mol. The van der Waals surface area contributed by atoms with Crippen LogP contribution >= 0.6 is 0 Å². The average Bonchev–Trinajstić information content (AvgIpc) is 3.39. The number of hydrogen-bond donors (Lipinski definition) is 2. The predicted molar refractivity (Wildman–Crippen MR) is 99.2 cm³/mol. The van der Waals surface area contributed by atoms with Crippen molar-refractivity contribution >= 4 is 5.91 Å². The van der Waals surface area contributed by atoms with E-state index in [4.69, 9.17) is 9.47 Å². The molecule has 7 heteroatoms. The van der Waals surface area contributed by atoms with Crippen molar-refractivity contribution in [2.45, 2.75) is 24.9 Å². The van der Waals surface area contributed by atoms with Crippen molar-refractivity contribution in [3.05, 3.63) is 47.8 Å². The summed E-state index contributed by atoms with van der Waals surface area (Å²) in [4.78, 5) is 14.8. The minimum Gasteiger partial charge on any atom is -0.454 e. The number of aromatic nitrogens is 1. The molecule has 4 heterocycles. The zero-order valence-electron chi connectivity index (χ0n) is 15.4. The number of fused-ring (bicyclic) bond motifs is 2. The topological polar surface area (TPSA) is 67.8 Å². The van der Waals surface area contributed by atoms with Crippen molar-refractivity contribution < 1.29 is 14.3 Å². The molecule has 0 radical (unpaired) electrons. The van der Waals surface area contributed by atoms with Crippen LogP contribution in [-0.4, -0.2) is 41.3 Å². The number of hydrazine groups is 1. The minimum atomic E-state index is 0.150.